The summed E-state index contributed by atoms with van der Waals surface area (Å²) in [5.74, 6) is -0.435. The van der Waals surface area contributed by atoms with Crippen LogP contribution in [0.1, 0.15) is 10.4 Å². The molecule has 0 aliphatic heterocycles. The maximum absolute atomic E-state index is 12.4. The molecule has 2 amide bonds. The Morgan fingerprint density at radius 1 is 1.12 bits per heavy atom. The lowest BCUT2D eigenvalue weighted by atomic mass is 10.1. The lowest BCUT2D eigenvalue weighted by molar-refractivity contribution is -0.113. The van der Waals surface area contributed by atoms with Gasteiger partial charge in [-0.25, -0.2) is 0 Å². The second-order valence-corrected chi connectivity index (χ2v) is 6.26. The number of nitrogens with one attached hydrogen (secondary N) is 1. The van der Waals surface area contributed by atoms with Crippen LogP contribution in [0.3, 0.4) is 0 Å². The fraction of sp³-hybridized carbons (Fsp3) is 0.0526. The van der Waals surface area contributed by atoms with Crippen LogP contribution in [0.5, 0.6) is 0 Å². The van der Waals surface area contributed by atoms with E-state index in [0.29, 0.717) is 16.9 Å². The highest BCUT2D eigenvalue weighted by atomic mass is 32.1. The number of anilines is 2. The summed E-state index contributed by atoms with van der Waals surface area (Å²) in [5.41, 5.74) is 4.50. The summed E-state index contributed by atoms with van der Waals surface area (Å²) in [5, 5.41) is 11.5. The van der Waals surface area contributed by atoms with E-state index in [1.54, 1.807) is 36.8 Å². The van der Waals surface area contributed by atoms with Crippen LogP contribution in [0.15, 0.2) is 66.7 Å². The van der Waals surface area contributed by atoms with Crippen molar-refractivity contribution < 1.29 is 9.59 Å². The van der Waals surface area contributed by atoms with E-state index >= 15 is 0 Å². The van der Waals surface area contributed by atoms with Gasteiger partial charge in [0.15, 0.2) is 0 Å². The van der Waals surface area contributed by atoms with Gasteiger partial charge in [0.05, 0.1) is 0 Å². The molecule has 3 rings (SSSR count). The Hall–Kier alpha value is -3.32. The van der Waals surface area contributed by atoms with Crippen molar-refractivity contribution in [3.63, 3.8) is 0 Å². The molecule has 0 atom stereocenters. The van der Waals surface area contributed by atoms with E-state index < -0.39 is 0 Å². The molecule has 1 N–H and O–H groups in total. The zero-order valence-corrected chi connectivity index (χ0v) is 14.9. The van der Waals surface area contributed by atoms with Crippen molar-refractivity contribution in [2.75, 3.05) is 17.3 Å². The number of amides is 2. The SMILES string of the molecule is C=CC(=O)N(C)c1ccc(C(=O)Nc2ccc(-c3nncs3)cc2)cc1. The van der Waals surface area contributed by atoms with E-state index in [2.05, 4.69) is 22.1 Å². The van der Waals surface area contributed by atoms with Crippen LogP contribution in [0.4, 0.5) is 11.4 Å². The van der Waals surface area contributed by atoms with Crippen molar-refractivity contribution in [2.24, 2.45) is 0 Å². The molecule has 0 bridgehead atoms. The summed E-state index contributed by atoms with van der Waals surface area (Å²) in [6.07, 6.45) is 1.24. The molecule has 0 radical (unpaired) electrons. The molecule has 3 aromatic rings. The van der Waals surface area contributed by atoms with E-state index in [0.717, 1.165) is 10.6 Å². The minimum atomic E-state index is -0.224. The molecule has 0 aliphatic carbocycles. The molecule has 2 aromatic carbocycles. The van der Waals surface area contributed by atoms with Gasteiger partial charge in [-0.05, 0) is 54.6 Å². The van der Waals surface area contributed by atoms with Crippen molar-refractivity contribution in [3.8, 4) is 10.6 Å². The first kappa shape index (κ1) is 17.5. The van der Waals surface area contributed by atoms with Crippen molar-refractivity contribution in [2.45, 2.75) is 0 Å². The van der Waals surface area contributed by atoms with Gasteiger partial charge >= 0.3 is 0 Å². The molecule has 0 saturated heterocycles. The maximum Gasteiger partial charge on any atom is 0.255 e. The molecule has 1 heterocycles. The molecule has 1 aromatic heterocycles. The van der Waals surface area contributed by atoms with Crippen molar-refractivity contribution in [1.82, 2.24) is 10.2 Å². The normalized spacial score (nSPS) is 10.2. The van der Waals surface area contributed by atoms with E-state index in [4.69, 9.17) is 0 Å². The number of benzene rings is 2. The van der Waals surface area contributed by atoms with Crippen molar-refractivity contribution >= 4 is 34.5 Å². The molecular weight excluding hydrogens is 348 g/mol. The number of nitrogens with zero attached hydrogens (tertiary/aromatic N) is 3. The average Bonchev–Trinajstić information content (AvgIpc) is 3.22. The van der Waals surface area contributed by atoms with Crippen LogP contribution in [0.25, 0.3) is 10.6 Å². The van der Waals surface area contributed by atoms with E-state index in [-0.39, 0.29) is 11.8 Å². The van der Waals surface area contributed by atoms with E-state index in [9.17, 15) is 9.59 Å². The first-order valence-corrected chi connectivity index (χ1v) is 8.64. The topological polar surface area (TPSA) is 75.2 Å². The molecular formula is C19H16N4O2S. The highest BCUT2D eigenvalue weighted by molar-refractivity contribution is 7.12. The maximum atomic E-state index is 12.4. The Morgan fingerprint density at radius 2 is 1.81 bits per heavy atom. The Labute approximate surface area is 154 Å². The number of carbonyl (C=O) groups is 2. The quantitative estimate of drug-likeness (QED) is 0.702. The Balaban J connectivity index is 1.68. The van der Waals surface area contributed by atoms with Crippen molar-refractivity contribution in [3.05, 3.63) is 72.3 Å². The zero-order chi connectivity index (χ0) is 18.5. The predicted octanol–water partition coefficient (Wildman–Crippen LogP) is 3.61. The number of likely N-dealkylation sites (N-methyl/N-ethyl adjacent to an activating group) is 1. The summed E-state index contributed by atoms with van der Waals surface area (Å²) in [7, 11) is 1.65. The number of aromatic nitrogens is 2. The second-order valence-electron chi connectivity index (χ2n) is 5.42. The Bertz CT molecular complexity index is 919. The smallest absolute Gasteiger partial charge is 0.255 e. The number of hydrogen-bond acceptors (Lipinski definition) is 5. The van der Waals surface area contributed by atoms with Gasteiger partial charge in [-0.3, -0.25) is 9.59 Å². The Morgan fingerprint density at radius 3 is 2.38 bits per heavy atom. The van der Waals surface area contributed by atoms with Crippen molar-refractivity contribution in [1.29, 1.82) is 0 Å². The summed E-state index contributed by atoms with van der Waals surface area (Å²) in [6.45, 7) is 3.46. The zero-order valence-electron chi connectivity index (χ0n) is 14.0. The largest absolute Gasteiger partial charge is 0.322 e. The van der Waals surface area contributed by atoms with E-state index in [1.165, 1.54) is 22.3 Å². The van der Waals surface area contributed by atoms with Gasteiger partial charge in [0.25, 0.3) is 5.91 Å². The van der Waals surface area contributed by atoms with E-state index in [1.807, 2.05) is 24.3 Å². The monoisotopic (exact) mass is 364 g/mol. The lowest BCUT2D eigenvalue weighted by Gasteiger charge is -2.15. The third-order valence-electron chi connectivity index (χ3n) is 3.77. The van der Waals surface area contributed by atoms with Gasteiger partial charge in [0.1, 0.15) is 10.5 Å². The van der Waals surface area contributed by atoms with Gasteiger partial charge in [0.2, 0.25) is 5.91 Å². The second kappa shape index (κ2) is 7.71. The van der Waals surface area contributed by atoms with Gasteiger partial charge in [-0.15, -0.1) is 10.2 Å². The summed E-state index contributed by atoms with van der Waals surface area (Å²) >= 11 is 1.46. The third kappa shape index (κ3) is 3.84. The molecule has 26 heavy (non-hydrogen) atoms. The fourth-order valence-corrected chi connectivity index (χ4v) is 2.86. The van der Waals surface area contributed by atoms with Crippen LogP contribution in [0, 0.1) is 0 Å². The summed E-state index contributed by atoms with van der Waals surface area (Å²) < 4.78 is 0. The number of carbonyl (C=O) groups excluding carboxylic acids is 2. The number of rotatable bonds is 5. The molecule has 0 spiro atoms. The highest BCUT2D eigenvalue weighted by Gasteiger charge is 2.10. The molecule has 0 saturated carbocycles. The van der Waals surface area contributed by atoms with Gasteiger partial charge in [-0.2, -0.15) is 0 Å². The molecule has 130 valence electrons. The average molecular weight is 364 g/mol. The predicted molar refractivity (Wildman–Crippen MR) is 103 cm³/mol. The lowest BCUT2D eigenvalue weighted by Crippen LogP contribution is -2.23. The van der Waals surface area contributed by atoms with Crippen LogP contribution in [0.2, 0.25) is 0 Å². The van der Waals surface area contributed by atoms with Gasteiger partial charge in [0, 0.05) is 29.5 Å². The van der Waals surface area contributed by atoms with Crippen LogP contribution < -0.4 is 10.2 Å². The summed E-state index contributed by atoms with van der Waals surface area (Å²) in [6, 6.07) is 14.2. The van der Waals surface area contributed by atoms with Gasteiger partial charge < -0.3 is 10.2 Å². The molecule has 0 aliphatic rings. The van der Waals surface area contributed by atoms with Crippen LogP contribution >= 0.6 is 11.3 Å². The first-order valence-electron chi connectivity index (χ1n) is 7.76. The fourth-order valence-electron chi connectivity index (χ4n) is 2.30. The summed E-state index contributed by atoms with van der Waals surface area (Å²) in [4.78, 5) is 25.4. The standard InChI is InChI=1S/C19H16N4O2S/c1-3-17(24)23(2)16-10-6-13(7-11-16)18(25)21-15-8-4-14(5-9-15)19-22-20-12-26-19/h3-12H,1H2,2H3,(H,21,25). The molecule has 0 unspecified atom stereocenters. The Kier molecular flexibility index (Phi) is 5.19. The molecule has 6 nitrogen and oxygen atoms in total. The van der Waals surface area contributed by atoms with Gasteiger partial charge in [-0.1, -0.05) is 17.9 Å². The molecule has 7 heteroatoms. The third-order valence-corrected chi connectivity index (χ3v) is 4.51. The van der Waals surface area contributed by atoms with Crippen LogP contribution in [-0.4, -0.2) is 29.1 Å². The highest BCUT2D eigenvalue weighted by Crippen LogP contribution is 2.22. The minimum absolute atomic E-state index is 0.210. The first-order chi connectivity index (χ1) is 12.6. The molecule has 0 fully saturated rings. The minimum Gasteiger partial charge on any atom is -0.322 e. The number of hydrogen-bond donors (Lipinski definition) is 1. The van der Waals surface area contributed by atoms with Crippen LogP contribution in [-0.2, 0) is 4.79 Å².